The van der Waals surface area contributed by atoms with E-state index in [1.165, 1.54) is 0 Å². The zero-order valence-corrected chi connectivity index (χ0v) is 6.10. The van der Waals surface area contributed by atoms with Crippen molar-refractivity contribution < 1.29 is 9.59 Å². The maximum absolute atomic E-state index is 9.85. The van der Waals surface area contributed by atoms with E-state index in [9.17, 15) is 9.59 Å². The van der Waals surface area contributed by atoms with Gasteiger partial charge >= 0.3 is 0 Å². The minimum Gasteiger partial charge on any atom is -0.302 e. The maximum Gasteiger partial charge on any atom is 0.137 e. The second-order valence-electron chi connectivity index (χ2n) is 1.54. The molecule has 2 nitrogen and oxygen atoms in total. The Labute approximate surface area is 63.1 Å². The lowest BCUT2D eigenvalue weighted by Gasteiger charge is -1.99. The summed E-state index contributed by atoms with van der Waals surface area (Å²) in [5.41, 5.74) is 0. The molecule has 0 aromatic heterocycles. The van der Waals surface area contributed by atoms with Crippen LogP contribution in [0.1, 0.15) is 6.42 Å². The highest BCUT2D eigenvalue weighted by Gasteiger charge is 2.09. The summed E-state index contributed by atoms with van der Waals surface area (Å²) in [7, 11) is 0. The lowest BCUT2D eigenvalue weighted by Crippen LogP contribution is -2.10. The molecule has 2 unspecified atom stereocenters. The molecule has 0 spiro atoms. The minimum atomic E-state index is -0.641. The van der Waals surface area contributed by atoms with Gasteiger partial charge in [0, 0.05) is 0 Å². The molecule has 0 saturated heterocycles. The summed E-state index contributed by atoms with van der Waals surface area (Å²) >= 11 is 10.7. The number of aldehydes is 2. The van der Waals surface area contributed by atoms with Crippen molar-refractivity contribution in [1.82, 2.24) is 0 Å². The van der Waals surface area contributed by atoms with Crippen molar-refractivity contribution in [2.24, 2.45) is 0 Å². The van der Waals surface area contributed by atoms with Crippen molar-refractivity contribution in [1.29, 1.82) is 0 Å². The molecule has 0 radical (unpaired) electrons. The zero-order valence-electron chi connectivity index (χ0n) is 4.59. The fourth-order valence-electron chi connectivity index (χ4n) is 0.326. The number of hydrogen-bond donors (Lipinski definition) is 0. The van der Waals surface area contributed by atoms with Crippen LogP contribution in [0.2, 0.25) is 0 Å². The zero-order chi connectivity index (χ0) is 7.28. The molecule has 0 amide bonds. The monoisotopic (exact) mass is 168 g/mol. The summed E-state index contributed by atoms with van der Waals surface area (Å²) in [4.78, 5) is 19.7. The molecule has 0 aliphatic heterocycles. The molecule has 0 rings (SSSR count). The molecule has 0 saturated carbocycles. The van der Waals surface area contributed by atoms with Gasteiger partial charge in [0.05, 0.1) is 10.8 Å². The largest absolute Gasteiger partial charge is 0.302 e. The molecule has 0 aromatic rings. The predicted octanol–water partition coefficient (Wildman–Crippen LogP) is 0.989. The first-order valence-electron chi connectivity index (χ1n) is 2.39. The number of halogens is 2. The van der Waals surface area contributed by atoms with Crippen LogP contribution in [0.5, 0.6) is 0 Å². The van der Waals surface area contributed by atoms with Crippen molar-refractivity contribution in [3.8, 4) is 0 Å². The van der Waals surface area contributed by atoms with E-state index in [2.05, 4.69) is 0 Å². The maximum atomic E-state index is 9.85. The van der Waals surface area contributed by atoms with E-state index in [0.717, 1.165) is 0 Å². The summed E-state index contributed by atoms with van der Waals surface area (Å²) in [6.07, 6.45) is 1.32. The van der Waals surface area contributed by atoms with E-state index >= 15 is 0 Å². The fraction of sp³-hybridized carbons (Fsp3) is 0.600. The van der Waals surface area contributed by atoms with Gasteiger partial charge in [0.15, 0.2) is 0 Å². The Morgan fingerprint density at radius 2 is 1.44 bits per heavy atom. The van der Waals surface area contributed by atoms with Gasteiger partial charge in [0.2, 0.25) is 0 Å². The van der Waals surface area contributed by atoms with Gasteiger partial charge in [-0.15, -0.1) is 23.2 Å². The highest BCUT2D eigenvalue weighted by molar-refractivity contribution is 6.31. The lowest BCUT2D eigenvalue weighted by atomic mass is 10.2. The van der Waals surface area contributed by atoms with Crippen LogP contribution < -0.4 is 0 Å². The van der Waals surface area contributed by atoms with E-state index in [0.29, 0.717) is 12.6 Å². The number of carbonyl (C=O) groups is 2. The minimum absolute atomic E-state index is 0.204. The second-order valence-corrected chi connectivity index (χ2v) is 2.66. The van der Waals surface area contributed by atoms with E-state index < -0.39 is 10.8 Å². The molecule has 0 aromatic carbocycles. The van der Waals surface area contributed by atoms with Gasteiger partial charge in [-0.05, 0) is 6.42 Å². The first-order chi connectivity index (χ1) is 4.20. The Morgan fingerprint density at radius 1 is 1.11 bits per heavy atom. The highest BCUT2D eigenvalue weighted by atomic mass is 35.5. The molecule has 0 aliphatic carbocycles. The molecular formula is C5H6Cl2O2. The third-order valence-electron chi connectivity index (χ3n) is 0.746. The molecule has 0 heterocycles. The van der Waals surface area contributed by atoms with Crippen molar-refractivity contribution in [3.05, 3.63) is 0 Å². The summed E-state index contributed by atoms with van der Waals surface area (Å²) in [6.45, 7) is 0. The predicted molar refractivity (Wildman–Crippen MR) is 36.0 cm³/mol. The van der Waals surface area contributed by atoms with E-state index in [-0.39, 0.29) is 6.42 Å². The second kappa shape index (κ2) is 4.77. The van der Waals surface area contributed by atoms with Gasteiger partial charge in [0.1, 0.15) is 12.6 Å². The van der Waals surface area contributed by atoms with Crippen LogP contribution in [0.15, 0.2) is 0 Å². The Morgan fingerprint density at radius 3 is 1.67 bits per heavy atom. The van der Waals surface area contributed by atoms with Gasteiger partial charge in [-0.3, -0.25) is 0 Å². The van der Waals surface area contributed by atoms with Gasteiger partial charge in [-0.25, -0.2) is 0 Å². The van der Waals surface area contributed by atoms with Crippen molar-refractivity contribution in [2.45, 2.75) is 17.2 Å². The Balaban J connectivity index is 3.45. The van der Waals surface area contributed by atoms with Gasteiger partial charge < -0.3 is 9.59 Å². The Kier molecular flexibility index (Phi) is 4.72. The average molecular weight is 169 g/mol. The Hall–Kier alpha value is -0.0800. The first kappa shape index (κ1) is 8.92. The third-order valence-corrected chi connectivity index (χ3v) is 1.31. The van der Waals surface area contributed by atoms with Crippen LogP contribution >= 0.6 is 23.2 Å². The van der Waals surface area contributed by atoms with Crippen molar-refractivity contribution in [3.63, 3.8) is 0 Å². The lowest BCUT2D eigenvalue weighted by molar-refractivity contribution is -0.108. The topological polar surface area (TPSA) is 34.1 Å². The summed E-state index contributed by atoms with van der Waals surface area (Å²) in [5.74, 6) is 0. The SMILES string of the molecule is O=CC(Cl)CC(Cl)C=O. The molecule has 0 aliphatic rings. The number of alkyl halides is 2. The highest BCUT2D eigenvalue weighted by Crippen LogP contribution is 2.06. The quantitative estimate of drug-likeness (QED) is 0.464. The average Bonchev–Trinajstić information content (AvgIpc) is 1.87. The van der Waals surface area contributed by atoms with Crippen LogP contribution in [-0.2, 0) is 9.59 Å². The number of rotatable bonds is 4. The standard InChI is InChI=1S/C5H6Cl2O2/c6-4(2-8)1-5(7)3-9/h2-5H,1H2. The van der Waals surface area contributed by atoms with Crippen LogP contribution in [0.3, 0.4) is 0 Å². The molecule has 0 fully saturated rings. The molecular weight excluding hydrogens is 163 g/mol. The first-order valence-corrected chi connectivity index (χ1v) is 3.26. The molecule has 0 bridgehead atoms. The van der Waals surface area contributed by atoms with E-state index in [4.69, 9.17) is 23.2 Å². The van der Waals surface area contributed by atoms with Crippen LogP contribution in [0, 0.1) is 0 Å². The van der Waals surface area contributed by atoms with Crippen LogP contribution in [-0.4, -0.2) is 23.3 Å². The summed E-state index contributed by atoms with van der Waals surface area (Å²) in [5, 5.41) is -1.28. The van der Waals surface area contributed by atoms with E-state index in [1.54, 1.807) is 0 Å². The molecule has 4 heteroatoms. The number of carbonyl (C=O) groups excluding carboxylic acids is 2. The van der Waals surface area contributed by atoms with E-state index in [1.807, 2.05) is 0 Å². The van der Waals surface area contributed by atoms with Gasteiger partial charge in [-0.2, -0.15) is 0 Å². The summed E-state index contributed by atoms with van der Waals surface area (Å²) < 4.78 is 0. The third kappa shape index (κ3) is 4.43. The van der Waals surface area contributed by atoms with Gasteiger partial charge in [-0.1, -0.05) is 0 Å². The van der Waals surface area contributed by atoms with Crippen molar-refractivity contribution in [2.75, 3.05) is 0 Å². The smallest absolute Gasteiger partial charge is 0.137 e. The van der Waals surface area contributed by atoms with Crippen molar-refractivity contribution >= 4 is 35.8 Å². The number of hydrogen-bond acceptors (Lipinski definition) is 2. The van der Waals surface area contributed by atoms with Crippen LogP contribution in [0.25, 0.3) is 0 Å². The van der Waals surface area contributed by atoms with Gasteiger partial charge in [0.25, 0.3) is 0 Å². The fourth-order valence-corrected chi connectivity index (χ4v) is 0.801. The van der Waals surface area contributed by atoms with Crippen LogP contribution in [0.4, 0.5) is 0 Å². The molecule has 52 valence electrons. The molecule has 0 N–H and O–H groups in total. The normalized spacial score (nSPS) is 16.2. The molecule has 9 heavy (non-hydrogen) atoms. The molecule has 2 atom stereocenters. The Bertz CT molecular complexity index is 93.1. The summed E-state index contributed by atoms with van der Waals surface area (Å²) in [6, 6.07) is 0.